The van der Waals surface area contributed by atoms with E-state index in [1.807, 2.05) is 0 Å². The Morgan fingerprint density at radius 1 is 1.55 bits per heavy atom. The molecule has 4 nitrogen and oxygen atoms in total. The topological polar surface area (TPSA) is 66.6 Å². The summed E-state index contributed by atoms with van der Waals surface area (Å²) in [7, 11) is 0. The number of carbonyl (C=O) groups is 1. The van der Waals surface area contributed by atoms with Crippen molar-refractivity contribution in [3.8, 4) is 5.75 Å². The van der Waals surface area contributed by atoms with E-state index in [-0.39, 0.29) is 23.3 Å². The number of piperidine rings is 1. The molecular weight excluding hydrogens is 276 g/mol. The number of hydrogen-bond acceptors (Lipinski definition) is 3. The molecule has 1 aliphatic rings. The third kappa shape index (κ3) is 3.07. The van der Waals surface area contributed by atoms with Crippen molar-refractivity contribution in [3.05, 3.63) is 28.8 Å². The largest absolute Gasteiger partial charge is 0.507 e. The maximum Gasteiger partial charge on any atom is 0.257 e. The van der Waals surface area contributed by atoms with E-state index in [2.05, 4.69) is 6.92 Å². The minimum atomic E-state index is -0.185. The van der Waals surface area contributed by atoms with Crippen LogP contribution in [0.2, 0.25) is 5.02 Å². The van der Waals surface area contributed by atoms with Gasteiger partial charge in [-0.25, -0.2) is 0 Å². The van der Waals surface area contributed by atoms with Crippen LogP contribution in [0.15, 0.2) is 18.2 Å². The number of phenolic OH excluding ortho intramolecular Hbond substituents is 1. The summed E-state index contributed by atoms with van der Waals surface area (Å²) >= 11 is 5.91. The van der Waals surface area contributed by atoms with E-state index in [9.17, 15) is 9.90 Å². The van der Waals surface area contributed by atoms with Crippen molar-refractivity contribution in [2.75, 3.05) is 13.1 Å². The van der Waals surface area contributed by atoms with Gasteiger partial charge in [-0.2, -0.15) is 0 Å². The lowest BCUT2D eigenvalue weighted by Gasteiger charge is -2.39. The van der Waals surface area contributed by atoms with E-state index in [0.717, 1.165) is 19.3 Å². The van der Waals surface area contributed by atoms with Gasteiger partial charge in [-0.15, -0.1) is 0 Å². The molecule has 1 aromatic carbocycles. The molecule has 1 fully saturated rings. The first-order valence-corrected chi connectivity index (χ1v) is 7.44. The summed E-state index contributed by atoms with van der Waals surface area (Å²) in [4.78, 5) is 14.4. The highest BCUT2D eigenvalue weighted by Crippen LogP contribution is 2.29. The third-order valence-corrected chi connectivity index (χ3v) is 4.36. The Morgan fingerprint density at radius 3 is 2.95 bits per heavy atom. The Morgan fingerprint density at radius 2 is 2.30 bits per heavy atom. The number of hydrogen-bond donors (Lipinski definition) is 2. The number of benzene rings is 1. The first-order valence-electron chi connectivity index (χ1n) is 7.06. The fourth-order valence-electron chi connectivity index (χ4n) is 2.83. The Balaban J connectivity index is 2.21. The van der Waals surface area contributed by atoms with Crippen LogP contribution in [0.25, 0.3) is 0 Å². The van der Waals surface area contributed by atoms with Crippen LogP contribution in [0.4, 0.5) is 0 Å². The van der Waals surface area contributed by atoms with Gasteiger partial charge in [0.05, 0.1) is 5.56 Å². The average Bonchev–Trinajstić information content (AvgIpc) is 2.48. The zero-order valence-electron chi connectivity index (χ0n) is 11.7. The van der Waals surface area contributed by atoms with Crippen molar-refractivity contribution in [3.63, 3.8) is 0 Å². The number of rotatable bonds is 3. The zero-order chi connectivity index (χ0) is 14.7. The zero-order valence-corrected chi connectivity index (χ0v) is 12.4. The summed E-state index contributed by atoms with van der Waals surface area (Å²) < 4.78 is 0. The van der Waals surface area contributed by atoms with Gasteiger partial charge in [0.1, 0.15) is 5.75 Å². The van der Waals surface area contributed by atoms with Crippen LogP contribution >= 0.6 is 11.6 Å². The molecule has 0 saturated carbocycles. The Hall–Kier alpha value is -1.26. The van der Waals surface area contributed by atoms with E-state index in [4.69, 9.17) is 17.3 Å². The number of carbonyl (C=O) groups excluding carboxylic acids is 1. The summed E-state index contributed by atoms with van der Waals surface area (Å²) in [5.41, 5.74) is 6.07. The minimum Gasteiger partial charge on any atom is -0.507 e. The van der Waals surface area contributed by atoms with Crippen molar-refractivity contribution in [2.24, 2.45) is 11.7 Å². The van der Waals surface area contributed by atoms with Gasteiger partial charge in [0.25, 0.3) is 5.91 Å². The highest BCUT2D eigenvalue weighted by atomic mass is 35.5. The molecule has 20 heavy (non-hydrogen) atoms. The average molecular weight is 297 g/mol. The van der Waals surface area contributed by atoms with E-state index in [0.29, 0.717) is 24.0 Å². The molecule has 1 heterocycles. The highest BCUT2D eigenvalue weighted by Gasteiger charge is 2.31. The molecule has 2 rings (SSSR count). The van der Waals surface area contributed by atoms with Crippen LogP contribution < -0.4 is 5.73 Å². The molecule has 0 spiro atoms. The Bertz CT molecular complexity index is 493. The summed E-state index contributed by atoms with van der Waals surface area (Å²) in [6.45, 7) is 3.30. The van der Waals surface area contributed by atoms with Gasteiger partial charge in [-0.1, -0.05) is 24.9 Å². The molecule has 0 aromatic heterocycles. The molecule has 5 heteroatoms. The standard InChI is InChI=1S/C15H21ClN2O2/c1-2-10-5-6-18(12(7-10)9-17)15(20)13-8-11(16)3-4-14(13)19/h3-4,8,10,12,19H,2,5-7,9,17H2,1H3. The second kappa shape index (κ2) is 6.46. The lowest BCUT2D eigenvalue weighted by atomic mass is 9.88. The second-order valence-electron chi connectivity index (χ2n) is 5.35. The van der Waals surface area contributed by atoms with Crippen LogP contribution in [-0.2, 0) is 0 Å². The highest BCUT2D eigenvalue weighted by molar-refractivity contribution is 6.31. The normalized spacial score (nSPS) is 22.9. The first kappa shape index (κ1) is 15.1. The summed E-state index contributed by atoms with van der Waals surface area (Å²) in [6, 6.07) is 4.57. The summed E-state index contributed by atoms with van der Waals surface area (Å²) in [6.07, 6.45) is 3.03. The van der Waals surface area contributed by atoms with E-state index in [1.165, 1.54) is 12.1 Å². The van der Waals surface area contributed by atoms with Crippen molar-refractivity contribution in [1.82, 2.24) is 4.90 Å². The Labute approximate surface area is 124 Å². The van der Waals surface area contributed by atoms with Crippen LogP contribution in [0.3, 0.4) is 0 Å². The molecule has 0 aliphatic carbocycles. The monoisotopic (exact) mass is 296 g/mol. The molecule has 3 N–H and O–H groups in total. The van der Waals surface area contributed by atoms with Gasteiger partial charge in [-0.3, -0.25) is 4.79 Å². The summed E-state index contributed by atoms with van der Waals surface area (Å²) in [5, 5.41) is 10.3. The quantitative estimate of drug-likeness (QED) is 0.901. The molecule has 1 saturated heterocycles. The molecule has 1 amide bonds. The predicted octanol–water partition coefficient (Wildman–Crippen LogP) is 2.64. The molecule has 1 aliphatic heterocycles. The number of likely N-dealkylation sites (tertiary alicyclic amines) is 1. The smallest absolute Gasteiger partial charge is 0.257 e. The Kier molecular flexibility index (Phi) is 4.89. The number of nitrogens with two attached hydrogens (primary N) is 1. The van der Waals surface area contributed by atoms with Gasteiger partial charge < -0.3 is 15.7 Å². The van der Waals surface area contributed by atoms with E-state index < -0.39 is 0 Å². The molecular formula is C15H21ClN2O2. The van der Waals surface area contributed by atoms with Crippen molar-refractivity contribution >= 4 is 17.5 Å². The van der Waals surface area contributed by atoms with Crippen LogP contribution in [0, 0.1) is 5.92 Å². The predicted molar refractivity (Wildman–Crippen MR) is 80.0 cm³/mol. The lowest BCUT2D eigenvalue weighted by Crippen LogP contribution is -2.49. The van der Waals surface area contributed by atoms with Gasteiger partial charge in [-0.05, 0) is 37.0 Å². The van der Waals surface area contributed by atoms with E-state index in [1.54, 1.807) is 11.0 Å². The van der Waals surface area contributed by atoms with Gasteiger partial charge in [0, 0.05) is 24.2 Å². The second-order valence-corrected chi connectivity index (χ2v) is 5.78. The van der Waals surface area contributed by atoms with Crippen LogP contribution in [-0.4, -0.2) is 35.0 Å². The number of aromatic hydroxyl groups is 1. The van der Waals surface area contributed by atoms with Crippen LogP contribution in [0.1, 0.15) is 36.5 Å². The third-order valence-electron chi connectivity index (χ3n) is 4.12. The maximum atomic E-state index is 12.6. The van der Waals surface area contributed by atoms with Gasteiger partial charge in [0.15, 0.2) is 0 Å². The number of halogens is 1. The van der Waals surface area contributed by atoms with Gasteiger partial charge >= 0.3 is 0 Å². The molecule has 1 aromatic rings. The minimum absolute atomic E-state index is 0.0345. The lowest BCUT2D eigenvalue weighted by molar-refractivity contribution is 0.0555. The maximum absolute atomic E-state index is 12.6. The molecule has 2 atom stereocenters. The SMILES string of the molecule is CCC1CCN(C(=O)c2cc(Cl)ccc2O)C(CN)C1. The number of phenols is 1. The van der Waals surface area contributed by atoms with E-state index >= 15 is 0 Å². The fourth-order valence-corrected chi connectivity index (χ4v) is 3.00. The summed E-state index contributed by atoms with van der Waals surface area (Å²) in [5.74, 6) is 0.406. The van der Waals surface area contributed by atoms with Crippen molar-refractivity contribution < 1.29 is 9.90 Å². The fraction of sp³-hybridized carbons (Fsp3) is 0.533. The number of amides is 1. The van der Waals surface area contributed by atoms with Crippen molar-refractivity contribution in [2.45, 2.75) is 32.2 Å². The molecule has 0 bridgehead atoms. The molecule has 0 radical (unpaired) electrons. The number of nitrogens with zero attached hydrogens (tertiary/aromatic N) is 1. The molecule has 2 unspecified atom stereocenters. The first-order chi connectivity index (χ1) is 9.56. The van der Waals surface area contributed by atoms with Gasteiger partial charge in [0.2, 0.25) is 0 Å². The molecule has 110 valence electrons. The van der Waals surface area contributed by atoms with Crippen LogP contribution in [0.5, 0.6) is 5.75 Å². The van der Waals surface area contributed by atoms with Crippen molar-refractivity contribution in [1.29, 1.82) is 0 Å².